The van der Waals surface area contributed by atoms with Gasteiger partial charge in [0.25, 0.3) is 11.8 Å². The van der Waals surface area contributed by atoms with E-state index in [2.05, 4.69) is 32.1 Å². The number of hydrogen-bond donors (Lipinski definition) is 4. The molecule has 7 nitrogen and oxygen atoms in total. The number of carbonyl (C=O) groups is 3. The predicted octanol–water partition coefficient (Wildman–Crippen LogP) is 1.49. The van der Waals surface area contributed by atoms with Crippen molar-refractivity contribution in [3.63, 3.8) is 0 Å². The minimum absolute atomic E-state index is 0.237. The monoisotopic (exact) mass is 404 g/mol. The highest BCUT2D eigenvalue weighted by Crippen LogP contribution is 2.15. The summed E-state index contributed by atoms with van der Waals surface area (Å²) in [6, 6.07) is 14.2. The molecular weight excluding hydrogens is 388 g/mol. The van der Waals surface area contributed by atoms with Gasteiger partial charge < -0.3 is 11.1 Å². The number of carbonyl (C=O) groups excluding carboxylic acids is 3. The molecule has 1 atom stereocenters. The first-order chi connectivity index (χ1) is 12.0. The molecule has 0 aromatic heterocycles. The molecule has 0 bridgehead atoms. The van der Waals surface area contributed by atoms with E-state index in [0.29, 0.717) is 10.0 Å². The van der Waals surface area contributed by atoms with Crippen LogP contribution in [0, 0.1) is 0 Å². The van der Waals surface area contributed by atoms with Gasteiger partial charge in [0, 0.05) is 10.9 Å². The molecule has 0 aliphatic carbocycles. The second-order valence-corrected chi connectivity index (χ2v) is 6.03. The molecule has 4 amide bonds. The Kier molecular flexibility index (Phi) is 6.53. The summed E-state index contributed by atoms with van der Waals surface area (Å²) in [6.45, 7) is 0. The highest BCUT2D eigenvalue weighted by Gasteiger charge is 2.21. The summed E-state index contributed by atoms with van der Waals surface area (Å²) in [5, 5.41) is 2.37. The van der Waals surface area contributed by atoms with Gasteiger partial charge in [-0.25, -0.2) is 4.79 Å². The highest BCUT2D eigenvalue weighted by atomic mass is 79.9. The molecule has 0 aliphatic heterocycles. The van der Waals surface area contributed by atoms with Crippen molar-refractivity contribution in [1.29, 1.82) is 0 Å². The number of hydrogen-bond acceptors (Lipinski definition) is 3. The Morgan fingerprint density at radius 3 is 2.24 bits per heavy atom. The summed E-state index contributed by atoms with van der Waals surface area (Å²) in [5.41, 5.74) is 11.0. The maximum atomic E-state index is 12.3. The fourth-order valence-electron chi connectivity index (χ4n) is 2.15. The molecule has 0 radical (unpaired) electrons. The van der Waals surface area contributed by atoms with Crippen molar-refractivity contribution in [2.24, 2.45) is 5.73 Å². The average Bonchev–Trinajstić information content (AvgIpc) is 2.59. The van der Waals surface area contributed by atoms with Crippen LogP contribution in [0.5, 0.6) is 0 Å². The van der Waals surface area contributed by atoms with Crippen molar-refractivity contribution in [2.75, 3.05) is 0 Å². The standard InChI is InChI=1S/C17H17BrN4O3/c18-13-9-5-4-8-12(13)15(23)21-22-16(24)14(20-17(19)25)10-11-6-2-1-3-7-11/h1-9,14H,10H2,(H,21,23)(H,22,24)(H3,19,20,25)/t14-/m1/s1. The summed E-state index contributed by atoms with van der Waals surface area (Å²) in [4.78, 5) is 35.5. The number of primary amides is 1. The van der Waals surface area contributed by atoms with Crippen molar-refractivity contribution >= 4 is 33.8 Å². The summed E-state index contributed by atoms with van der Waals surface area (Å²) in [5.74, 6) is -1.07. The third-order valence-electron chi connectivity index (χ3n) is 3.33. The Hall–Kier alpha value is -2.87. The van der Waals surface area contributed by atoms with Crippen LogP contribution >= 0.6 is 15.9 Å². The van der Waals surface area contributed by atoms with Crippen LogP contribution in [0.25, 0.3) is 0 Å². The van der Waals surface area contributed by atoms with Gasteiger partial charge in [0.1, 0.15) is 6.04 Å². The maximum Gasteiger partial charge on any atom is 0.312 e. The van der Waals surface area contributed by atoms with E-state index in [1.807, 2.05) is 30.3 Å². The van der Waals surface area contributed by atoms with E-state index in [4.69, 9.17) is 5.73 Å². The van der Waals surface area contributed by atoms with Crippen LogP contribution in [0.4, 0.5) is 4.79 Å². The Balaban J connectivity index is 2.00. The molecule has 130 valence electrons. The number of urea groups is 1. The van der Waals surface area contributed by atoms with Gasteiger partial charge in [0.05, 0.1) is 5.56 Å². The normalized spacial score (nSPS) is 11.2. The topological polar surface area (TPSA) is 113 Å². The van der Waals surface area contributed by atoms with Crippen molar-refractivity contribution in [2.45, 2.75) is 12.5 Å². The number of rotatable bonds is 5. The van der Waals surface area contributed by atoms with Crippen LogP contribution in [-0.4, -0.2) is 23.9 Å². The van der Waals surface area contributed by atoms with Crippen molar-refractivity contribution in [3.8, 4) is 0 Å². The quantitative estimate of drug-likeness (QED) is 0.566. The fraction of sp³-hybridized carbons (Fsp3) is 0.118. The first-order valence-corrected chi connectivity index (χ1v) is 8.21. The summed E-state index contributed by atoms with van der Waals surface area (Å²) in [6.07, 6.45) is 0.237. The van der Waals surface area contributed by atoms with E-state index in [-0.39, 0.29) is 6.42 Å². The second-order valence-electron chi connectivity index (χ2n) is 5.17. The van der Waals surface area contributed by atoms with E-state index in [1.54, 1.807) is 24.3 Å². The Labute approximate surface area is 153 Å². The van der Waals surface area contributed by atoms with Gasteiger partial charge in [-0.3, -0.25) is 20.4 Å². The van der Waals surface area contributed by atoms with E-state index >= 15 is 0 Å². The van der Waals surface area contributed by atoms with Crippen LogP contribution < -0.4 is 21.9 Å². The first-order valence-electron chi connectivity index (χ1n) is 7.42. The minimum atomic E-state index is -0.917. The van der Waals surface area contributed by atoms with E-state index in [1.165, 1.54) is 0 Å². The van der Waals surface area contributed by atoms with Crippen LogP contribution in [0.1, 0.15) is 15.9 Å². The lowest BCUT2D eigenvalue weighted by Gasteiger charge is -2.18. The zero-order valence-electron chi connectivity index (χ0n) is 13.2. The van der Waals surface area contributed by atoms with Gasteiger partial charge in [-0.1, -0.05) is 42.5 Å². The fourth-order valence-corrected chi connectivity index (χ4v) is 2.61. The molecule has 25 heavy (non-hydrogen) atoms. The van der Waals surface area contributed by atoms with Crippen molar-refractivity contribution in [1.82, 2.24) is 16.2 Å². The molecular formula is C17H17BrN4O3. The van der Waals surface area contributed by atoms with Gasteiger partial charge >= 0.3 is 6.03 Å². The number of amides is 4. The van der Waals surface area contributed by atoms with Gasteiger partial charge in [0.2, 0.25) is 0 Å². The minimum Gasteiger partial charge on any atom is -0.352 e. The zero-order chi connectivity index (χ0) is 18.2. The summed E-state index contributed by atoms with van der Waals surface area (Å²) < 4.78 is 0.595. The highest BCUT2D eigenvalue weighted by molar-refractivity contribution is 9.10. The van der Waals surface area contributed by atoms with Crippen LogP contribution in [0.15, 0.2) is 59.1 Å². The van der Waals surface area contributed by atoms with Crippen LogP contribution in [0.2, 0.25) is 0 Å². The molecule has 0 heterocycles. The van der Waals surface area contributed by atoms with Gasteiger partial charge in [0.15, 0.2) is 0 Å². The largest absolute Gasteiger partial charge is 0.352 e. The number of nitrogens with one attached hydrogen (secondary N) is 3. The molecule has 0 saturated heterocycles. The molecule has 2 aromatic rings. The number of halogens is 1. The molecule has 0 saturated carbocycles. The predicted molar refractivity (Wildman–Crippen MR) is 96.4 cm³/mol. The van der Waals surface area contributed by atoms with Crippen LogP contribution in [0.3, 0.4) is 0 Å². The number of hydrazine groups is 1. The van der Waals surface area contributed by atoms with Crippen LogP contribution in [-0.2, 0) is 11.2 Å². The Bertz CT molecular complexity index is 767. The molecule has 0 spiro atoms. The summed E-state index contributed by atoms with van der Waals surface area (Å²) in [7, 11) is 0. The second kappa shape index (κ2) is 8.84. The summed E-state index contributed by atoms with van der Waals surface area (Å²) >= 11 is 3.26. The SMILES string of the molecule is NC(=O)N[C@H](Cc1ccccc1)C(=O)NNC(=O)c1ccccc1Br. The molecule has 8 heteroatoms. The third-order valence-corrected chi connectivity index (χ3v) is 4.02. The number of benzene rings is 2. The molecule has 2 rings (SSSR count). The van der Waals surface area contributed by atoms with E-state index in [0.717, 1.165) is 5.56 Å². The Morgan fingerprint density at radius 2 is 1.60 bits per heavy atom. The van der Waals surface area contributed by atoms with Gasteiger partial charge in [-0.05, 0) is 33.6 Å². The van der Waals surface area contributed by atoms with Gasteiger partial charge in [-0.2, -0.15) is 0 Å². The smallest absolute Gasteiger partial charge is 0.312 e. The lowest BCUT2D eigenvalue weighted by molar-refractivity contribution is -0.123. The number of nitrogens with two attached hydrogens (primary N) is 1. The molecule has 0 aliphatic rings. The lowest BCUT2D eigenvalue weighted by atomic mass is 10.1. The maximum absolute atomic E-state index is 12.3. The molecule has 2 aromatic carbocycles. The Morgan fingerprint density at radius 1 is 0.960 bits per heavy atom. The lowest BCUT2D eigenvalue weighted by Crippen LogP contribution is -2.54. The van der Waals surface area contributed by atoms with E-state index < -0.39 is 23.9 Å². The average molecular weight is 405 g/mol. The zero-order valence-corrected chi connectivity index (χ0v) is 14.7. The van der Waals surface area contributed by atoms with Crippen molar-refractivity contribution < 1.29 is 14.4 Å². The molecule has 5 N–H and O–H groups in total. The van der Waals surface area contributed by atoms with Crippen molar-refractivity contribution in [3.05, 3.63) is 70.2 Å². The first kappa shape index (κ1) is 18.5. The third kappa shape index (κ3) is 5.61. The van der Waals surface area contributed by atoms with Gasteiger partial charge in [-0.15, -0.1) is 0 Å². The molecule has 0 unspecified atom stereocenters. The molecule has 0 fully saturated rings. The van der Waals surface area contributed by atoms with E-state index in [9.17, 15) is 14.4 Å².